The van der Waals surface area contributed by atoms with Crippen molar-refractivity contribution in [1.29, 1.82) is 0 Å². The normalized spacial score (nSPS) is 47.0. The van der Waals surface area contributed by atoms with E-state index in [2.05, 4.69) is 45.0 Å². The van der Waals surface area contributed by atoms with Gasteiger partial charge in [-0.25, -0.2) is 0 Å². The Labute approximate surface area is 237 Å². The second kappa shape index (κ2) is 11.6. The van der Waals surface area contributed by atoms with Crippen LogP contribution in [0.2, 0.25) is 0 Å². The molecule has 0 unspecified atom stereocenters. The van der Waals surface area contributed by atoms with Gasteiger partial charge < -0.3 is 29.3 Å². The Morgan fingerprint density at radius 1 is 1.18 bits per heavy atom. The van der Waals surface area contributed by atoms with E-state index in [1.165, 1.54) is 5.57 Å². The minimum Gasteiger partial charge on any atom is -0.462 e. The highest BCUT2D eigenvalue weighted by Crippen LogP contribution is 2.46. The zero-order valence-corrected chi connectivity index (χ0v) is 24.5. The maximum atomic E-state index is 13.9. The molecule has 2 bridgehead atoms. The van der Waals surface area contributed by atoms with Crippen LogP contribution in [0.1, 0.15) is 79.6 Å². The Bertz CT molecular complexity index is 1140. The van der Waals surface area contributed by atoms with Crippen LogP contribution in [0.3, 0.4) is 0 Å². The number of carbonyl (C=O) groups excluding carboxylic acids is 1. The van der Waals surface area contributed by atoms with E-state index in [4.69, 9.17) is 18.9 Å². The second-order valence-electron chi connectivity index (χ2n) is 12.6. The maximum absolute atomic E-state index is 13.9. The van der Waals surface area contributed by atoms with Crippen molar-refractivity contribution in [2.24, 2.45) is 22.9 Å². The number of allylic oxidation sites excluding steroid dienone is 4. The Kier molecular flexibility index (Phi) is 8.44. The van der Waals surface area contributed by atoms with Crippen LogP contribution in [0, 0.1) is 17.8 Å². The van der Waals surface area contributed by atoms with E-state index in [0.717, 1.165) is 32.1 Å². The molecule has 0 saturated carbocycles. The number of nitrogens with zero attached hydrogens (tertiary/aromatic N) is 1. The first-order chi connectivity index (χ1) is 19.1. The first kappa shape index (κ1) is 29.2. The van der Waals surface area contributed by atoms with Crippen molar-refractivity contribution in [3.8, 4) is 0 Å². The number of hydrogen-bond acceptors (Lipinski definition) is 8. The third-order valence-electron chi connectivity index (χ3n) is 9.45. The fourth-order valence-corrected chi connectivity index (χ4v) is 7.22. The van der Waals surface area contributed by atoms with E-state index in [0.29, 0.717) is 29.9 Å². The first-order valence-corrected chi connectivity index (χ1v) is 14.9. The standard InChI is InChI=1S/C32H45NO7/c1-6-27-21(4)12-13-31(40-27)17-25-16-24(39-31)11-10-20(3)14-19(2)8-7-9-23-18-37-29-28(33-36)22(5)15-26(30(34)38-25)32(23,29)35/h7-10,15,19,21,24-27,29,35-36H,6,11-14,16-18H2,1-5H3/b8-7-,20-10-,23-9-,33-28+/t19-,21-,24+,25-,26-,27+,29+,31+,32+/m0/s1. The van der Waals surface area contributed by atoms with Crippen LogP contribution in [-0.4, -0.2) is 64.4 Å². The third kappa shape index (κ3) is 5.48. The average Bonchev–Trinajstić information content (AvgIpc) is 3.24. The fraction of sp³-hybridized carbons (Fsp3) is 0.688. The number of esters is 1. The van der Waals surface area contributed by atoms with Gasteiger partial charge in [0.05, 0.1) is 18.8 Å². The van der Waals surface area contributed by atoms with Gasteiger partial charge in [0.25, 0.3) is 0 Å². The van der Waals surface area contributed by atoms with Gasteiger partial charge in [-0.1, -0.05) is 61.9 Å². The van der Waals surface area contributed by atoms with E-state index in [1.807, 2.05) is 12.2 Å². The molecule has 40 heavy (non-hydrogen) atoms. The summed E-state index contributed by atoms with van der Waals surface area (Å²) < 4.78 is 25.5. The molecule has 5 aliphatic rings. The summed E-state index contributed by atoms with van der Waals surface area (Å²) in [6.07, 6.45) is 13.6. The van der Waals surface area contributed by atoms with Crippen molar-refractivity contribution in [3.63, 3.8) is 0 Å². The van der Waals surface area contributed by atoms with E-state index >= 15 is 0 Å². The van der Waals surface area contributed by atoms with Gasteiger partial charge in [-0.15, -0.1) is 0 Å². The molecule has 0 aromatic carbocycles. The predicted molar refractivity (Wildman–Crippen MR) is 151 cm³/mol. The summed E-state index contributed by atoms with van der Waals surface area (Å²) in [6, 6.07) is 0. The molecule has 4 heterocycles. The first-order valence-electron chi connectivity index (χ1n) is 14.9. The molecule has 3 saturated heterocycles. The van der Waals surface area contributed by atoms with Crippen molar-refractivity contribution in [2.45, 2.75) is 115 Å². The van der Waals surface area contributed by atoms with Gasteiger partial charge in [0.15, 0.2) is 5.79 Å². The summed E-state index contributed by atoms with van der Waals surface area (Å²) >= 11 is 0. The van der Waals surface area contributed by atoms with Gasteiger partial charge >= 0.3 is 5.97 Å². The molecule has 1 aliphatic carbocycles. The Morgan fingerprint density at radius 3 is 2.73 bits per heavy atom. The molecule has 0 aromatic rings. The van der Waals surface area contributed by atoms with Crippen LogP contribution in [0.25, 0.3) is 0 Å². The average molecular weight is 556 g/mol. The Balaban J connectivity index is 1.53. The van der Waals surface area contributed by atoms with E-state index in [1.54, 1.807) is 13.0 Å². The highest BCUT2D eigenvalue weighted by atomic mass is 16.7. The van der Waals surface area contributed by atoms with Gasteiger partial charge in [-0.3, -0.25) is 4.79 Å². The molecule has 8 heteroatoms. The number of hydrogen-bond donors (Lipinski definition) is 2. The van der Waals surface area contributed by atoms with Crippen LogP contribution in [-0.2, 0) is 23.7 Å². The maximum Gasteiger partial charge on any atom is 0.316 e. The quantitative estimate of drug-likeness (QED) is 0.193. The molecule has 220 valence electrons. The molecule has 2 N–H and O–H groups in total. The molecule has 8 nitrogen and oxygen atoms in total. The van der Waals surface area contributed by atoms with Crippen LogP contribution >= 0.6 is 0 Å². The molecule has 5 rings (SSSR count). The molecular formula is C32H45NO7. The van der Waals surface area contributed by atoms with Gasteiger partial charge in [-0.05, 0) is 62.5 Å². The van der Waals surface area contributed by atoms with E-state index < -0.39 is 35.5 Å². The van der Waals surface area contributed by atoms with Gasteiger partial charge in [0, 0.05) is 19.3 Å². The largest absolute Gasteiger partial charge is 0.462 e. The second-order valence-corrected chi connectivity index (χ2v) is 12.6. The number of rotatable bonds is 1. The van der Waals surface area contributed by atoms with Crippen molar-refractivity contribution in [2.75, 3.05) is 6.61 Å². The zero-order valence-electron chi connectivity index (χ0n) is 24.5. The Hall–Kier alpha value is -2.26. The van der Waals surface area contributed by atoms with Crippen LogP contribution in [0.5, 0.6) is 0 Å². The van der Waals surface area contributed by atoms with Gasteiger partial charge in [-0.2, -0.15) is 0 Å². The molecule has 1 spiro atoms. The fourth-order valence-electron chi connectivity index (χ4n) is 7.22. The molecule has 0 amide bonds. The predicted octanol–water partition coefficient (Wildman–Crippen LogP) is 5.39. The number of oxime groups is 1. The lowest BCUT2D eigenvalue weighted by molar-refractivity contribution is -0.335. The third-order valence-corrected chi connectivity index (χ3v) is 9.45. The number of fused-ring (bicyclic) bond motifs is 2. The summed E-state index contributed by atoms with van der Waals surface area (Å²) in [5.74, 6) is -1.60. The molecule has 9 atom stereocenters. The lowest BCUT2D eigenvalue weighted by atomic mass is 9.71. The molecular weight excluding hydrogens is 510 g/mol. The topological polar surface area (TPSA) is 107 Å². The van der Waals surface area contributed by atoms with Gasteiger partial charge in [0.1, 0.15) is 29.4 Å². The number of carbonyl (C=O) groups is 1. The van der Waals surface area contributed by atoms with Gasteiger partial charge in [0.2, 0.25) is 0 Å². The summed E-state index contributed by atoms with van der Waals surface area (Å²) in [5.41, 5.74) is 0.922. The van der Waals surface area contributed by atoms with Crippen LogP contribution < -0.4 is 0 Å². The summed E-state index contributed by atoms with van der Waals surface area (Å²) in [4.78, 5) is 13.9. The molecule has 0 radical (unpaired) electrons. The highest BCUT2D eigenvalue weighted by molar-refractivity contribution is 6.06. The van der Waals surface area contributed by atoms with E-state index in [9.17, 15) is 15.1 Å². The highest BCUT2D eigenvalue weighted by Gasteiger charge is 2.59. The number of aliphatic hydroxyl groups is 1. The number of ether oxygens (including phenoxy) is 4. The molecule has 3 fully saturated rings. The molecule has 4 aliphatic heterocycles. The minimum absolute atomic E-state index is 0.0940. The van der Waals surface area contributed by atoms with Crippen molar-refractivity contribution in [3.05, 3.63) is 47.1 Å². The smallest absolute Gasteiger partial charge is 0.316 e. The molecule has 0 aromatic heterocycles. The monoisotopic (exact) mass is 555 g/mol. The lowest BCUT2D eigenvalue weighted by Gasteiger charge is -2.49. The van der Waals surface area contributed by atoms with Crippen molar-refractivity contribution >= 4 is 11.7 Å². The van der Waals surface area contributed by atoms with E-state index in [-0.39, 0.29) is 30.4 Å². The summed E-state index contributed by atoms with van der Waals surface area (Å²) in [6.45, 7) is 10.5. The summed E-state index contributed by atoms with van der Waals surface area (Å²) in [7, 11) is 0. The van der Waals surface area contributed by atoms with Crippen molar-refractivity contribution in [1.82, 2.24) is 0 Å². The van der Waals surface area contributed by atoms with Crippen molar-refractivity contribution < 1.29 is 34.1 Å². The van der Waals surface area contributed by atoms with Crippen LogP contribution in [0.15, 0.2) is 52.3 Å². The Morgan fingerprint density at radius 2 is 1.98 bits per heavy atom. The van der Waals surface area contributed by atoms with Crippen LogP contribution in [0.4, 0.5) is 0 Å². The zero-order chi connectivity index (χ0) is 28.7. The SMILES string of the molecule is CC[C@H]1O[C@]2(CC[C@@H]1C)C[C@@H]1C[C@@H](C/C=C(/C)C[C@@H](C)/C=C\C=C3\CO[C@@H]4/C(=N/O)C(C)=C[C@@H](C(=O)O1)[C@]34O)O2. The summed E-state index contributed by atoms with van der Waals surface area (Å²) in [5, 5.41) is 25.3. The minimum atomic E-state index is -1.72. The lowest BCUT2D eigenvalue weighted by Crippen LogP contribution is -2.57.